The molecule has 0 saturated heterocycles. The van der Waals surface area contributed by atoms with Gasteiger partial charge in [-0.25, -0.2) is 4.68 Å². The third kappa shape index (κ3) is 2.97. The number of aromatic nitrogens is 3. The Morgan fingerprint density at radius 2 is 1.93 bits per heavy atom. The quantitative estimate of drug-likeness (QED) is 0.723. The van der Waals surface area contributed by atoms with E-state index in [0.29, 0.717) is 12.3 Å². The van der Waals surface area contributed by atoms with Crippen LogP contribution in [0.25, 0.3) is 0 Å². The van der Waals surface area contributed by atoms with Crippen molar-refractivity contribution in [2.24, 2.45) is 46.8 Å². The van der Waals surface area contributed by atoms with Gasteiger partial charge in [-0.05, 0) is 92.3 Å². The van der Waals surface area contributed by atoms with Crippen LogP contribution in [0.3, 0.4) is 0 Å². The van der Waals surface area contributed by atoms with E-state index in [4.69, 9.17) is 0 Å². The van der Waals surface area contributed by atoms with Crippen LogP contribution in [0.5, 0.6) is 0 Å². The minimum absolute atomic E-state index is 0.228. The number of hydrogen-bond acceptors (Lipinski definition) is 3. The fourth-order valence-electron chi connectivity index (χ4n) is 8.44. The predicted molar refractivity (Wildman–Crippen MR) is 109 cm³/mol. The van der Waals surface area contributed by atoms with Crippen LogP contribution in [0.4, 0.5) is 0 Å². The molecule has 4 aliphatic rings. The molecule has 4 aliphatic carbocycles. The molecule has 2 unspecified atom stereocenters. The largest absolute Gasteiger partial charge is 0.297 e. The van der Waals surface area contributed by atoms with Crippen molar-refractivity contribution in [1.29, 1.82) is 0 Å². The molecule has 4 nitrogen and oxygen atoms in total. The lowest BCUT2D eigenvalue weighted by Gasteiger charge is -2.56. The molecule has 0 amide bonds. The molecule has 0 spiro atoms. The van der Waals surface area contributed by atoms with Crippen molar-refractivity contribution in [1.82, 2.24) is 15.0 Å². The average Bonchev–Trinajstić information content (AvgIpc) is 3.34. The lowest BCUT2D eigenvalue weighted by atomic mass is 9.49. The van der Waals surface area contributed by atoms with Gasteiger partial charge in [0.25, 0.3) is 0 Å². The van der Waals surface area contributed by atoms with E-state index in [9.17, 15) is 4.79 Å². The maximum absolute atomic E-state index is 13.1. The van der Waals surface area contributed by atoms with E-state index in [2.05, 4.69) is 24.2 Å². The van der Waals surface area contributed by atoms with E-state index in [1.165, 1.54) is 57.8 Å². The molecule has 5 rings (SSSR count). The van der Waals surface area contributed by atoms with Gasteiger partial charge < -0.3 is 0 Å². The summed E-state index contributed by atoms with van der Waals surface area (Å²) in [5.74, 6) is 6.26. The molecular formula is C24H37N3O. The molecule has 0 aromatic carbocycles. The number of fused-ring (bicyclic) bond motifs is 5. The number of rotatable bonds is 4. The Labute approximate surface area is 169 Å². The lowest BCUT2D eigenvalue weighted by molar-refractivity contribution is -0.131. The summed E-state index contributed by atoms with van der Waals surface area (Å²) < 4.78 is 1.71. The second-order valence-electron chi connectivity index (χ2n) is 10.8. The first-order valence-electron chi connectivity index (χ1n) is 12.0. The second-order valence-corrected chi connectivity index (χ2v) is 10.8. The van der Waals surface area contributed by atoms with Crippen LogP contribution in [0, 0.1) is 46.8 Å². The van der Waals surface area contributed by atoms with Crippen LogP contribution in [-0.4, -0.2) is 20.8 Å². The van der Waals surface area contributed by atoms with Crippen molar-refractivity contribution < 1.29 is 4.79 Å². The molecular weight excluding hydrogens is 346 g/mol. The van der Waals surface area contributed by atoms with Crippen molar-refractivity contribution in [2.75, 3.05) is 0 Å². The lowest BCUT2D eigenvalue weighted by Crippen LogP contribution is -2.49. The molecule has 1 heterocycles. The van der Waals surface area contributed by atoms with E-state index >= 15 is 0 Å². The zero-order valence-corrected chi connectivity index (χ0v) is 17.7. The first-order valence-corrected chi connectivity index (χ1v) is 12.0. The van der Waals surface area contributed by atoms with Gasteiger partial charge in [0.15, 0.2) is 5.78 Å². The van der Waals surface area contributed by atoms with Gasteiger partial charge in [0, 0.05) is 12.1 Å². The zero-order valence-electron chi connectivity index (χ0n) is 17.7. The van der Waals surface area contributed by atoms with Crippen LogP contribution in [0.15, 0.2) is 12.4 Å². The SMILES string of the molecule is CC[C@H]1CC[C@H]2C(CC[C@H]3C4CC[C@H](C(=O)Cn5ccnn5)[C@@]4(C)CC[C@H]23)C1. The summed E-state index contributed by atoms with van der Waals surface area (Å²) >= 11 is 0. The number of Topliss-reactive ketones (excluding diaryl/α,β-unsaturated/α-hetero) is 1. The normalized spacial score (nSPS) is 45.1. The number of hydrogen-bond donors (Lipinski definition) is 0. The van der Waals surface area contributed by atoms with Crippen LogP contribution in [0.2, 0.25) is 0 Å². The Morgan fingerprint density at radius 3 is 2.71 bits per heavy atom. The molecule has 154 valence electrons. The summed E-state index contributed by atoms with van der Waals surface area (Å²) in [4.78, 5) is 13.1. The number of carbonyl (C=O) groups excluding carboxylic acids is 1. The van der Waals surface area contributed by atoms with E-state index in [1.807, 2.05) is 6.20 Å². The highest BCUT2D eigenvalue weighted by molar-refractivity contribution is 5.82. The first-order chi connectivity index (χ1) is 13.6. The standard InChI is InChI=1S/C24H37N3O/c1-3-16-4-6-18-17(14-16)5-7-20-19(18)10-11-24(2)21(20)8-9-22(24)23(28)15-27-13-12-25-26-27/h12-13,16-22H,3-11,14-15H2,1-2H3/t16-,17?,18-,19+,20+,21?,22+,24-/m0/s1. The molecule has 0 N–H and O–H groups in total. The highest BCUT2D eigenvalue weighted by atomic mass is 16.1. The molecule has 0 radical (unpaired) electrons. The number of nitrogens with zero attached hydrogens (tertiary/aromatic N) is 3. The van der Waals surface area contributed by atoms with Gasteiger partial charge in [0.1, 0.15) is 6.54 Å². The van der Waals surface area contributed by atoms with Gasteiger partial charge >= 0.3 is 0 Å². The van der Waals surface area contributed by atoms with Crippen LogP contribution in [-0.2, 0) is 11.3 Å². The molecule has 4 saturated carbocycles. The maximum atomic E-state index is 13.1. The Bertz CT molecular complexity index is 701. The smallest absolute Gasteiger partial charge is 0.157 e. The summed E-state index contributed by atoms with van der Waals surface area (Å²) in [6, 6.07) is 0. The Hall–Kier alpha value is -1.19. The van der Waals surface area contributed by atoms with E-state index in [-0.39, 0.29) is 11.3 Å². The monoisotopic (exact) mass is 383 g/mol. The van der Waals surface area contributed by atoms with Crippen molar-refractivity contribution in [3.05, 3.63) is 12.4 Å². The van der Waals surface area contributed by atoms with Gasteiger partial charge in [0.05, 0.1) is 6.20 Å². The molecule has 4 fully saturated rings. The Kier molecular flexibility index (Phi) is 4.87. The van der Waals surface area contributed by atoms with E-state index in [0.717, 1.165) is 41.9 Å². The van der Waals surface area contributed by atoms with Crippen molar-refractivity contribution in [3.63, 3.8) is 0 Å². The van der Waals surface area contributed by atoms with Crippen LogP contribution in [0.1, 0.15) is 78.1 Å². The third-order valence-corrected chi connectivity index (χ3v) is 9.82. The summed E-state index contributed by atoms with van der Waals surface area (Å²) in [6.07, 6.45) is 17.3. The topological polar surface area (TPSA) is 47.8 Å². The average molecular weight is 384 g/mol. The second kappa shape index (κ2) is 7.25. The van der Waals surface area contributed by atoms with Gasteiger partial charge in [-0.3, -0.25) is 4.79 Å². The molecule has 8 atom stereocenters. The molecule has 1 aromatic heterocycles. The maximum Gasteiger partial charge on any atom is 0.157 e. The first kappa shape index (κ1) is 18.8. The van der Waals surface area contributed by atoms with Gasteiger partial charge in [0.2, 0.25) is 0 Å². The predicted octanol–water partition coefficient (Wildman–Crippen LogP) is 5.14. The number of carbonyl (C=O) groups is 1. The van der Waals surface area contributed by atoms with Crippen molar-refractivity contribution in [2.45, 2.75) is 84.6 Å². The summed E-state index contributed by atoms with van der Waals surface area (Å²) in [6.45, 7) is 5.26. The minimum atomic E-state index is 0.228. The Balaban J connectivity index is 1.31. The van der Waals surface area contributed by atoms with Gasteiger partial charge in [-0.15, -0.1) is 5.10 Å². The minimum Gasteiger partial charge on any atom is -0.297 e. The molecule has 0 bridgehead atoms. The van der Waals surface area contributed by atoms with Gasteiger partial charge in [-0.1, -0.05) is 31.9 Å². The zero-order chi connectivity index (χ0) is 19.3. The van der Waals surface area contributed by atoms with Crippen molar-refractivity contribution in [3.8, 4) is 0 Å². The molecule has 0 aliphatic heterocycles. The van der Waals surface area contributed by atoms with Crippen LogP contribution >= 0.6 is 0 Å². The summed E-state index contributed by atoms with van der Waals surface area (Å²) in [5, 5.41) is 7.89. The van der Waals surface area contributed by atoms with Gasteiger partial charge in [-0.2, -0.15) is 0 Å². The summed E-state index contributed by atoms with van der Waals surface area (Å²) in [7, 11) is 0. The highest BCUT2D eigenvalue weighted by Crippen LogP contribution is 2.64. The number of ketones is 1. The fourth-order valence-corrected chi connectivity index (χ4v) is 8.44. The van der Waals surface area contributed by atoms with Crippen molar-refractivity contribution >= 4 is 5.78 Å². The third-order valence-electron chi connectivity index (χ3n) is 9.82. The van der Waals surface area contributed by atoms with Crippen LogP contribution < -0.4 is 0 Å². The fraction of sp³-hybridized carbons (Fsp3) is 0.875. The highest BCUT2D eigenvalue weighted by Gasteiger charge is 2.58. The molecule has 28 heavy (non-hydrogen) atoms. The Morgan fingerprint density at radius 1 is 1.07 bits per heavy atom. The van der Waals surface area contributed by atoms with E-state index < -0.39 is 0 Å². The molecule has 4 heteroatoms. The van der Waals surface area contributed by atoms with E-state index in [1.54, 1.807) is 10.9 Å². The summed E-state index contributed by atoms with van der Waals surface area (Å²) in [5.41, 5.74) is 0.228. The molecule has 1 aromatic rings.